The molecule has 0 radical (unpaired) electrons. The van der Waals surface area contributed by atoms with Crippen molar-refractivity contribution in [2.45, 2.75) is 44.7 Å². The van der Waals surface area contributed by atoms with Crippen LogP contribution in [0, 0.1) is 6.92 Å². The molecule has 1 atom stereocenters. The number of carbonyl (C=O) groups excluding carboxylic acids is 1. The van der Waals surface area contributed by atoms with Gasteiger partial charge in [0.1, 0.15) is 4.90 Å². The van der Waals surface area contributed by atoms with Crippen molar-refractivity contribution in [1.82, 2.24) is 19.8 Å². The monoisotopic (exact) mass is 588 g/mol. The van der Waals surface area contributed by atoms with Crippen LogP contribution in [-0.4, -0.2) is 60.8 Å². The van der Waals surface area contributed by atoms with Gasteiger partial charge in [0, 0.05) is 37.4 Å². The minimum absolute atomic E-state index is 0.00820. The van der Waals surface area contributed by atoms with Crippen LogP contribution in [0.3, 0.4) is 0 Å². The maximum Gasteiger partial charge on any atom is 0.339 e. The second-order valence-electron chi connectivity index (χ2n) is 10.2. The number of benzene rings is 3. The van der Waals surface area contributed by atoms with Gasteiger partial charge in [-0.25, -0.2) is 4.98 Å². The minimum atomic E-state index is -4.09. The lowest BCUT2D eigenvalue weighted by molar-refractivity contribution is 0.0773. The minimum Gasteiger partial charge on any atom is -0.493 e. The highest BCUT2D eigenvalue weighted by Crippen LogP contribution is 2.42. The third-order valence-electron chi connectivity index (χ3n) is 7.80. The fraction of sp³-hybridized carbons (Fsp3) is 0.312. The highest BCUT2D eigenvalue weighted by molar-refractivity contribution is 7.87. The summed E-state index contributed by atoms with van der Waals surface area (Å²) in [5, 5.41) is 0. The average Bonchev–Trinajstić information content (AvgIpc) is 3.41. The number of ether oxygens (including phenoxy) is 1. The standard InChI is InChI=1S/C32H36N4O5S/c1-5-35(6-2)32(37)24-14-12-23(13-15-24)31-27-19-30(41-42(38,39)26-10-8-7-9-11-26)29(40-4)18-25(27)16-17-36(31)20-28-22(3)33-21-34-28/h7-15,18-19,21,31H,5-6,16-17,20H2,1-4H3,(H,33,34). The molecule has 42 heavy (non-hydrogen) atoms. The van der Waals surface area contributed by atoms with E-state index in [2.05, 4.69) is 14.9 Å². The fourth-order valence-electron chi connectivity index (χ4n) is 5.46. The molecule has 1 unspecified atom stereocenters. The molecule has 0 fully saturated rings. The van der Waals surface area contributed by atoms with Gasteiger partial charge in [0.25, 0.3) is 5.91 Å². The number of carbonyl (C=O) groups is 1. The number of methoxy groups -OCH3 is 1. The number of aromatic nitrogens is 2. The summed E-state index contributed by atoms with van der Waals surface area (Å²) in [6, 6.07) is 19.1. The van der Waals surface area contributed by atoms with Crippen molar-refractivity contribution in [1.29, 1.82) is 0 Å². The first-order valence-corrected chi connectivity index (χ1v) is 15.5. The number of hydrogen-bond donors (Lipinski definition) is 1. The zero-order valence-electron chi connectivity index (χ0n) is 24.3. The zero-order chi connectivity index (χ0) is 29.9. The molecule has 4 aromatic rings. The molecule has 0 saturated heterocycles. The van der Waals surface area contributed by atoms with Crippen molar-refractivity contribution in [2.24, 2.45) is 0 Å². The predicted octanol–water partition coefficient (Wildman–Crippen LogP) is 5.12. The largest absolute Gasteiger partial charge is 0.493 e. The lowest BCUT2D eigenvalue weighted by Crippen LogP contribution is -2.36. The first kappa shape index (κ1) is 29.3. The molecule has 1 aromatic heterocycles. The van der Waals surface area contributed by atoms with E-state index in [1.165, 1.54) is 19.2 Å². The molecule has 0 saturated carbocycles. The molecule has 5 rings (SSSR count). The Morgan fingerprint density at radius 1 is 1.05 bits per heavy atom. The van der Waals surface area contributed by atoms with Gasteiger partial charge in [-0.15, -0.1) is 0 Å². The Bertz CT molecular complexity index is 1650. The quantitative estimate of drug-likeness (QED) is 0.256. The predicted molar refractivity (Wildman–Crippen MR) is 160 cm³/mol. The van der Waals surface area contributed by atoms with Gasteiger partial charge in [-0.3, -0.25) is 9.69 Å². The molecule has 0 aliphatic carbocycles. The molecule has 1 N–H and O–H groups in total. The Hall–Kier alpha value is -4.15. The highest BCUT2D eigenvalue weighted by atomic mass is 32.2. The summed E-state index contributed by atoms with van der Waals surface area (Å²) in [5.74, 6) is 0.464. The van der Waals surface area contributed by atoms with Gasteiger partial charge in [-0.1, -0.05) is 30.3 Å². The van der Waals surface area contributed by atoms with E-state index in [-0.39, 0.29) is 22.6 Å². The van der Waals surface area contributed by atoms with Crippen molar-refractivity contribution >= 4 is 16.0 Å². The number of nitrogens with zero attached hydrogens (tertiary/aromatic N) is 3. The zero-order valence-corrected chi connectivity index (χ0v) is 25.1. The van der Waals surface area contributed by atoms with Gasteiger partial charge in [-0.2, -0.15) is 8.42 Å². The van der Waals surface area contributed by atoms with Gasteiger partial charge in [0.2, 0.25) is 0 Å². The Morgan fingerprint density at radius 2 is 1.76 bits per heavy atom. The van der Waals surface area contributed by atoms with E-state index in [0.29, 0.717) is 30.9 Å². The Morgan fingerprint density at radius 3 is 2.38 bits per heavy atom. The van der Waals surface area contributed by atoms with Gasteiger partial charge < -0.3 is 18.8 Å². The summed E-state index contributed by atoms with van der Waals surface area (Å²) in [4.78, 5) is 24.8. The maximum absolute atomic E-state index is 13.2. The van der Waals surface area contributed by atoms with Crippen LogP contribution < -0.4 is 8.92 Å². The van der Waals surface area contributed by atoms with Crippen molar-refractivity contribution in [3.05, 3.63) is 107 Å². The summed E-state index contributed by atoms with van der Waals surface area (Å²) in [7, 11) is -2.59. The lowest BCUT2D eigenvalue weighted by Gasteiger charge is -2.38. The summed E-state index contributed by atoms with van der Waals surface area (Å²) >= 11 is 0. The van der Waals surface area contributed by atoms with Crippen molar-refractivity contribution in [3.8, 4) is 11.5 Å². The van der Waals surface area contributed by atoms with Crippen molar-refractivity contribution < 1.29 is 22.1 Å². The third-order valence-corrected chi connectivity index (χ3v) is 9.04. The molecule has 0 spiro atoms. The van der Waals surface area contributed by atoms with Gasteiger partial charge in [0.05, 0.1) is 25.2 Å². The fourth-order valence-corrected chi connectivity index (χ4v) is 6.41. The average molecular weight is 589 g/mol. The van der Waals surface area contributed by atoms with E-state index in [4.69, 9.17) is 8.92 Å². The molecule has 10 heteroatoms. The smallest absolute Gasteiger partial charge is 0.339 e. The van der Waals surface area contributed by atoms with E-state index in [9.17, 15) is 13.2 Å². The molecule has 3 aromatic carbocycles. The van der Waals surface area contributed by atoms with Crippen LogP contribution >= 0.6 is 0 Å². The number of aryl methyl sites for hydroxylation is 1. The molecule has 0 bridgehead atoms. The first-order valence-electron chi connectivity index (χ1n) is 14.1. The first-order chi connectivity index (χ1) is 20.2. The van der Waals surface area contributed by atoms with Crippen LogP contribution in [-0.2, 0) is 23.1 Å². The summed E-state index contributed by atoms with van der Waals surface area (Å²) in [6.45, 7) is 8.54. The second-order valence-corrected chi connectivity index (χ2v) is 11.8. The summed E-state index contributed by atoms with van der Waals surface area (Å²) < 4.78 is 37.6. The number of aromatic amines is 1. The van der Waals surface area contributed by atoms with E-state index in [1.807, 2.05) is 51.1 Å². The molecule has 220 valence electrons. The molecule has 1 amide bonds. The van der Waals surface area contributed by atoms with Gasteiger partial charge in [-0.05, 0) is 80.3 Å². The van der Waals surface area contributed by atoms with E-state index >= 15 is 0 Å². The maximum atomic E-state index is 13.2. The van der Waals surface area contributed by atoms with Crippen LogP contribution in [0.5, 0.6) is 11.5 Å². The van der Waals surface area contributed by atoms with Gasteiger partial charge >= 0.3 is 10.1 Å². The van der Waals surface area contributed by atoms with Crippen LogP contribution in [0.2, 0.25) is 0 Å². The summed E-state index contributed by atoms with van der Waals surface area (Å²) in [5.41, 5.74) is 5.49. The van der Waals surface area contributed by atoms with E-state index < -0.39 is 10.1 Å². The number of amides is 1. The summed E-state index contributed by atoms with van der Waals surface area (Å²) in [6.07, 6.45) is 2.42. The molecule has 1 aliphatic rings. The number of H-pyrrole nitrogens is 1. The van der Waals surface area contributed by atoms with E-state index in [1.54, 1.807) is 35.5 Å². The SMILES string of the molecule is CCN(CC)C(=O)c1ccc(C2c3cc(OS(=O)(=O)c4ccccc4)c(OC)cc3CCN2Cc2nc[nH]c2C)cc1. The highest BCUT2D eigenvalue weighted by Gasteiger charge is 2.32. The van der Waals surface area contributed by atoms with Crippen LogP contribution in [0.15, 0.2) is 78.0 Å². The van der Waals surface area contributed by atoms with Crippen molar-refractivity contribution in [2.75, 3.05) is 26.7 Å². The molecule has 2 heterocycles. The molecule has 9 nitrogen and oxygen atoms in total. The van der Waals surface area contributed by atoms with Crippen LogP contribution in [0.25, 0.3) is 0 Å². The number of hydrogen-bond acceptors (Lipinski definition) is 7. The van der Waals surface area contributed by atoms with E-state index in [0.717, 1.165) is 41.0 Å². The van der Waals surface area contributed by atoms with Crippen molar-refractivity contribution in [3.63, 3.8) is 0 Å². The molecular formula is C32H36N4O5S. The topological polar surface area (TPSA) is 105 Å². The van der Waals surface area contributed by atoms with Crippen LogP contribution in [0.1, 0.15) is 58.3 Å². The van der Waals surface area contributed by atoms with Gasteiger partial charge in [0.15, 0.2) is 11.5 Å². The number of fused-ring (bicyclic) bond motifs is 1. The Labute approximate surface area is 247 Å². The van der Waals surface area contributed by atoms with Crippen LogP contribution in [0.4, 0.5) is 0 Å². The number of rotatable bonds is 10. The number of nitrogens with one attached hydrogen (secondary N) is 1. The molecular weight excluding hydrogens is 552 g/mol. The third kappa shape index (κ3) is 5.91. The Balaban J connectivity index is 1.58. The second kappa shape index (κ2) is 12.4. The number of imidazole rings is 1. The lowest BCUT2D eigenvalue weighted by atomic mass is 9.87. The Kier molecular flexibility index (Phi) is 8.65. The molecule has 1 aliphatic heterocycles. The normalized spacial score (nSPS) is 15.2.